The van der Waals surface area contributed by atoms with Crippen LogP contribution in [-0.4, -0.2) is 11.0 Å². The summed E-state index contributed by atoms with van der Waals surface area (Å²) in [6, 6.07) is 0.948. The van der Waals surface area contributed by atoms with Crippen LogP contribution in [0.4, 0.5) is 23.8 Å². The van der Waals surface area contributed by atoms with Gasteiger partial charge in [-0.2, -0.15) is 13.2 Å². The van der Waals surface area contributed by atoms with Gasteiger partial charge in [0, 0.05) is 6.20 Å². The summed E-state index contributed by atoms with van der Waals surface area (Å²) in [5.74, 6) is -0.0227. The molecule has 0 aromatic carbocycles. The van der Waals surface area contributed by atoms with E-state index in [9.17, 15) is 18.0 Å². The molecular weight excluding hydrogens is 199 g/mol. The van der Waals surface area contributed by atoms with Gasteiger partial charge in [-0.05, 0) is 12.1 Å². The van der Waals surface area contributed by atoms with Gasteiger partial charge in [-0.15, -0.1) is 0 Å². The van der Waals surface area contributed by atoms with Crippen LogP contribution in [0.5, 0.6) is 0 Å². The van der Waals surface area contributed by atoms with Gasteiger partial charge in [0.05, 0.1) is 5.56 Å². The fraction of sp³-hybridized carbons (Fsp3) is 0.143. The van der Waals surface area contributed by atoms with Crippen LogP contribution in [0.2, 0.25) is 0 Å². The lowest BCUT2D eigenvalue weighted by molar-refractivity contribution is -0.137. The minimum atomic E-state index is -4.43. The number of rotatable bonds is 1. The van der Waals surface area contributed by atoms with E-state index in [1.165, 1.54) is 0 Å². The van der Waals surface area contributed by atoms with Crippen molar-refractivity contribution in [2.45, 2.75) is 6.18 Å². The molecule has 0 atom stereocenters. The van der Waals surface area contributed by atoms with Gasteiger partial charge >= 0.3 is 12.2 Å². The molecule has 0 radical (unpaired) electrons. The van der Waals surface area contributed by atoms with Gasteiger partial charge in [0.25, 0.3) is 0 Å². The molecule has 0 bridgehead atoms. The normalized spacial score (nSPS) is 11.1. The van der Waals surface area contributed by atoms with E-state index in [4.69, 9.17) is 5.73 Å². The number of pyridine rings is 1. The zero-order chi connectivity index (χ0) is 10.8. The molecule has 1 aromatic rings. The van der Waals surface area contributed by atoms with E-state index in [-0.39, 0.29) is 5.82 Å². The van der Waals surface area contributed by atoms with E-state index in [1.807, 2.05) is 5.32 Å². The zero-order valence-corrected chi connectivity index (χ0v) is 6.80. The molecule has 0 saturated heterocycles. The summed E-state index contributed by atoms with van der Waals surface area (Å²) >= 11 is 0. The first kappa shape index (κ1) is 10.3. The predicted molar refractivity (Wildman–Crippen MR) is 42.4 cm³/mol. The van der Waals surface area contributed by atoms with E-state index in [1.54, 1.807) is 0 Å². The van der Waals surface area contributed by atoms with E-state index >= 15 is 0 Å². The topological polar surface area (TPSA) is 68.0 Å². The summed E-state index contributed by atoms with van der Waals surface area (Å²) < 4.78 is 36.1. The Morgan fingerprint density at radius 1 is 1.43 bits per heavy atom. The highest BCUT2D eigenvalue weighted by Crippen LogP contribution is 2.28. The number of primary amides is 1. The molecule has 0 aliphatic rings. The maximum atomic E-state index is 12.0. The van der Waals surface area contributed by atoms with Gasteiger partial charge < -0.3 is 5.73 Å². The minimum absolute atomic E-state index is 0.0227. The molecule has 4 nitrogen and oxygen atoms in total. The SMILES string of the molecule is NC(=O)Nc1ccc(C(F)(F)F)cn1. The second kappa shape index (κ2) is 3.52. The highest BCUT2D eigenvalue weighted by molar-refractivity contribution is 5.86. The number of alkyl halides is 3. The third-order valence-corrected chi connectivity index (χ3v) is 1.34. The average molecular weight is 205 g/mol. The van der Waals surface area contributed by atoms with Crippen LogP contribution >= 0.6 is 0 Å². The van der Waals surface area contributed by atoms with E-state index < -0.39 is 17.8 Å². The number of hydrogen-bond donors (Lipinski definition) is 2. The number of anilines is 1. The highest BCUT2D eigenvalue weighted by atomic mass is 19.4. The van der Waals surface area contributed by atoms with Crippen molar-refractivity contribution in [3.63, 3.8) is 0 Å². The number of halogens is 3. The molecular formula is C7H6F3N3O. The summed E-state index contributed by atoms with van der Waals surface area (Å²) in [5, 5.41) is 2.04. The Morgan fingerprint density at radius 3 is 2.43 bits per heavy atom. The quantitative estimate of drug-likeness (QED) is 0.730. The van der Waals surface area contributed by atoms with Gasteiger partial charge in [-0.25, -0.2) is 9.78 Å². The first-order valence-electron chi connectivity index (χ1n) is 3.49. The molecule has 1 aromatic heterocycles. The number of nitrogens with one attached hydrogen (secondary N) is 1. The molecule has 1 heterocycles. The predicted octanol–water partition coefficient (Wildman–Crippen LogP) is 1.59. The number of nitrogens with two attached hydrogens (primary N) is 1. The summed E-state index contributed by atoms with van der Waals surface area (Å²) in [4.78, 5) is 13.7. The smallest absolute Gasteiger partial charge is 0.351 e. The molecule has 0 unspecified atom stereocenters. The molecule has 0 saturated carbocycles. The Balaban J connectivity index is 2.84. The minimum Gasteiger partial charge on any atom is -0.351 e. The molecule has 0 aliphatic heterocycles. The number of carbonyl (C=O) groups is 1. The van der Waals surface area contributed by atoms with Crippen molar-refractivity contribution in [2.75, 3.05) is 5.32 Å². The number of carbonyl (C=O) groups excluding carboxylic acids is 1. The van der Waals surface area contributed by atoms with Crippen molar-refractivity contribution in [3.8, 4) is 0 Å². The average Bonchev–Trinajstić information content (AvgIpc) is 2.02. The monoisotopic (exact) mass is 205 g/mol. The largest absolute Gasteiger partial charge is 0.417 e. The van der Waals surface area contributed by atoms with Crippen molar-refractivity contribution in [1.29, 1.82) is 0 Å². The second-order valence-electron chi connectivity index (χ2n) is 2.42. The molecule has 1 rings (SSSR count). The number of aromatic nitrogens is 1. The molecule has 0 aliphatic carbocycles. The van der Waals surface area contributed by atoms with Crippen molar-refractivity contribution in [2.24, 2.45) is 5.73 Å². The van der Waals surface area contributed by atoms with Crippen molar-refractivity contribution in [3.05, 3.63) is 23.9 Å². The number of amides is 2. The van der Waals surface area contributed by atoms with Crippen LogP contribution in [0.1, 0.15) is 5.56 Å². The maximum Gasteiger partial charge on any atom is 0.417 e. The molecule has 0 spiro atoms. The Kier molecular flexibility index (Phi) is 2.59. The van der Waals surface area contributed by atoms with Gasteiger partial charge in [0.2, 0.25) is 0 Å². The van der Waals surface area contributed by atoms with Crippen molar-refractivity contribution >= 4 is 11.8 Å². The Bertz CT molecular complexity index is 333. The summed E-state index contributed by atoms with van der Waals surface area (Å²) in [6.45, 7) is 0. The number of hydrogen-bond acceptors (Lipinski definition) is 2. The standard InChI is InChI=1S/C7H6F3N3O/c8-7(9,10)4-1-2-5(12-3-4)13-6(11)14/h1-3H,(H3,11,12,13,14). The molecule has 14 heavy (non-hydrogen) atoms. The van der Waals surface area contributed by atoms with Crippen molar-refractivity contribution < 1.29 is 18.0 Å². The van der Waals surface area contributed by atoms with Crippen LogP contribution in [-0.2, 0) is 6.18 Å². The van der Waals surface area contributed by atoms with E-state index in [0.717, 1.165) is 12.1 Å². The lowest BCUT2D eigenvalue weighted by Crippen LogP contribution is -2.20. The van der Waals surface area contributed by atoms with Crippen LogP contribution in [0.25, 0.3) is 0 Å². The molecule has 76 valence electrons. The highest BCUT2D eigenvalue weighted by Gasteiger charge is 2.30. The fourth-order valence-electron chi connectivity index (χ4n) is 0.762. The first-order chi connectivity index (χ1) is 6.39. The fourth-order valence-corrected chi connectivity index (χ4v) is 0.762. The lowest BCUT2D eigenvalue weighted by Gasteiger charge is -2.06. The third kappa shape index (κ3) is 2.61. The van der Waals surface area contributed by atoms with E-state index in [0.29, 0.717) is 6.20 Å². The van der Waals surface area contributed by atoms with Crippen LogP contribution in [0.15, 0.2) is 18.3 Å². The summed E-state index contributed by atoms with van der Waals surface area (Å²) in [7, 11) is 0. The van der Waals surface area contributed by atoms with E-state index in [2.05, 4.69) is 4.98 Å². The third-order valence-electron chi connectivity index (χ3n) is 1.34. The van der Waals surface area contributed by atoms with Gasteiger partial charge in [0.15, 0.2) is 0 Å². The summed E-state index contributed by atoms with van der Waals surface area (Å²) in [5.41, 5.74) is 3.85. The van der Waals surface area contributed by atoms with Crippen molar-refractivity contribution in [1.82, 2.24) is 4.98 Å². The van der Waals surface area contributed by atoms with Crippen LogP contribution in [0, 0.1) is 0 Å². The molecule has 7 heteroatoms. The van der Waals surface area contributed by atoms with Gasteiger partial charge in [-0.3, -0.25) is 5.32 Å². The zero-order valence-electron chi connectivity index (χ0n) is 6.80. The Morgan fingerprint density at radius 2 is 2.07 bits per heavy atom. The Hall–Kier alpha value is -1.79. The second-order valence-corrected chi connectivity index (χ2v) is 2.42. The Labute approximate surface area is 76.9 Å². The molecule has 3 N–H and O–H groups in total. The molecule has 0 fully saturated rings. The number of nitrogens with zero attached hydrogens (tertiary/aromatic N) is 1. The van der Waals surface area contributed by atoms with Crippen LogP contribution in [0.3, 0.4) is 0 Å². The molecule has 2 amide bonds. The number of urea groups is 1. The van der Waals surface area contributed by atoms with Gasteiger partial charge in [0.1, 0.15) is 5.82 Å². The first-order valence-corrected chi connectivity index (χ1v) is 3.49. The summed E-state index contributed by atoms with van der Waals surface area (Å²) in [6.07, 6.45) is -3.82. The van der Waals surface area contributed by atoms with Gasteiger partial charge in [-0.1, -0.05) is 0 Å². The lowest BCUT2D eigenvalue weighted by atomic mass is 10.3. The van der Waals surface area contributed by atoms with Crippen LogP contribution < -0.4 is 11.1 Å². The maximum absolute atomic E-state index is 12.0.